The van der Waals surface area contributed by atoms with Crippen molar-refractivity contribution in [1.82, 2.24) is 10.6 Å². The molecule has 0 aromatic heterocycles. The molecule has 19 heavy (non-hydrogen) atoms. The van der Waals surface area contributed by atoms with E-state index in [2.05, 4.69) is 22.6 Å². The zero-order valence-electron chi connectivity index (χ0n) is 9.82. The summed E-state index contributed by atoms with van der Waals surface area (Å²) < 4.78 is 56.8. The predicted octanol–water partition coefficient (Wildman–Crippen LogP) is -3.63. The summed E-state index contributed by atoms with van der Waals surface area (Å²) in [5.74, 6) is -0.536. The molecule has 0 amide bonds. The van der Waals surface area contributed by atoms with Gasteiger partial charge in [-0.25, -0.2) is 8.37 Å². The van der Waals surface area contributed by atoms with Crippen molar-refractivity contribution in [3.63, 3.8) is 0 Å². The van der Waals surface area contributed by atoms with Crippen molar-refractivity contribution in [1.29, 1.82) is 0 Å². The molecule has 116 valence electrons. The van der Waals surface area contributed by atoms with Gasteiger partial charge in [0, 0.05) is 19.0 Å². The van der Waals surface area contributed by atoms with Gasteiger partial charge < -0.3 is 21.6 Å². The highest BCUT2D eigenvalue weighted by Gasteiger charge is 2.43. The average Bonchev–Trinajstić information content (AvgIpc) is 2.63. The molecule has 1 atom stereocenters. The van der Waals surface area contributed by atoms with Gasteiger partial charge >= 0.3 is 20.8 Å². The van der Waals surface area contributed by atoms with Gasteiger partial charge in [0.1, 0.15) is 0 Å². The first-order chi connectivity index (χ1) is 7.79. The van der Waals surface area contributed by atoms with E-state index in [0.29, 0.717) is 13.1 Å². The molecular formula is C6H16N2O9S2. The lowest BCUT2D eigenvalue weighted by atomic mass is 10.1. The molecule has 0 aromatic rings. The molecule has 13 heteroatoms. The van der Waals surface area contributed by atoms with Gasteiger partial charge in [-0.05, 0) is 0 Å². The van der Waals surface area contributed by atoms with Gasteiger partial charge in [0.15, 0.2) is 0 Å². The summed E-state index contributed by atoms with van der Waals surface area (Å²) in [4.78, 5) is 0. The van der Waals surface area contributed by atoms with Crippen LogP contribution in [0.2, 0.25) is 0 Å². The zero-order chi connectivity index (χ0) is 12.7. The van der Waals surface area contributed by atoms with Crippen LogP contribution in [-0.2, 0) is 32.8 Å². The monoisotopic (exact) mass is 324 g/mol. The molecule has 2 heterocycles. The lowest BCUT2D eigenvalue weighted by molar-refractivity contribution is -0.0642. The Bertz CT molecular complexity index is 449. The highest BCUT2D eigenvalue weighted by Crippen LogP contribution is 2.25. The average molecular weight is 324 g/mol. The van der Waals surface area contributed by atoms with Crippen LogP contribution in [0.1, 0.15) is 6.92 Å². The molecule has 11 nitrogen and oxygen atoms in total. The first kappa shape index (κ1) is 18.6. The maximum atomic E-state index is 11.1. The van der Waals surface area contributed by atoms with E-state index in [1.165, 1.54) is 0 Å². The van der Waals surface area contributed by atoms with Crippen LogP contribution >= 0.6 is 0 Å². The predicted molar refractivity (Wildman–Crippen MR) is 61.1 cm³/mol. The Hall–Kier alpha value is -0.380. The summed E-state index contributed by atoms with van der Waals surface area (Å²) in [5.41, 5.74) is 0. The van der Waals surface area contributed by atoms with Crippen LogP contribution in [-0.4, -0.2) is 53.3 Å². The molecular weight excluding hydrogens is 308 g/mol. The Morgan fingerprint density at radius 3 is 1.84 bits per heavy atom. The van der Waals surface area contributed by atoms with Gasteiger partial charge in [-0.3, -0.25) is 0 Å². The quantitative estimate of drug-likeness (QED) is 0.517. The van der Waals surface area contributed by atoms with Gasteiger partial charge in [0.2, 0.25) is 6.29 Å². The molecule has 0 radical (unpaired) electrons. The van der Waals surface area contributed by atoms with Crippen molar-refractivity contribution >= 4 is 20.8 Å². The Kier molecular flexibility index (Phi) is 6.25. The smallest absolute Gasteiger partial charge is 0.412 e. The summed E-state index contributed by atoms with van der Waals surface area (Å²) in [5, 5.41) is 6.01. The van der Waals surface area contributed by atoms with E-state index in [4.69, 9.17) is 0 Å². The number of rotatable bonds is 2. The molecule has 2 aliphatic heterocycles. The van der Waals surface area contributed by atoms with Gasteiger partial charge in [0.05, 0.1) is 6.17 Å². The second-order valence-corrected chi connectivity index (χ2v) is 6.25. The van der Waals surface area contributed by atoms with Gasteiger partial charge in [-0.15, -0.1) is 3.63 Å². The maximum Gasteiger partial charge on any atom is 0.418 e. The topological polar surface area (TPSA) is 183 Å². The molecule has 0 bridgehead atoms. The number of hydrogen-bond acceptors (Lipinski definition) is 9. The van der Waals surface area contributed by atoms with Crippen LogP contribution in [0, 0.1) is 5.92 Å². The Balaban J connectivity index is 0.00000162. The fourth-order valence-corrected chi connectivity index (χ4v) is 3.63. The van der Waals surface area contributed by atoms with Crippen LogP contribution in [0.4, 0.5) is 0 Å². The summed E-state index contributed by atoms with van der Waals surface area (Å²) in [6.45, 7) is 2.98. The highest BCUT2D eigenvalue weighted by atomic mass is 32.3. The molecule has 0 aliphatic carbocycles. The van der Waals surface area contributed by atoms with Crippen molar-refractivity contribution in [3.05, 3.63) is 0 Å². The first-order valence-corrected chi connectivity index (χ1v) is 7.50. The van der Waals surface area contributed by atoms with E-state index in [1.807, 2.05) is 0 Å². The summed E-state index contributed by atoms with van der Waals surface area (Å²) in [6.07, 6.45) is -1.73. The third-order valence-corrected chi connectivity index (χ3v) is 4.58. The lowest BCUT2D eigenvalue weighted by Crippen LogP contribution is -2.48. The highest BCUT2D eigenvalue weighted by molar-refractivity contribution is 7.95. The van der Waals surface area contributed by atoms with E-state index in [-0.39, 0.29) is 17.1 Å². The van der Waals surface area contributed by atoms with E-state index < -0.39 is 33.0 Å². The maximum absolute atomic E-state index is 11.1. The Labute approximate surface area is 110 Å². The van der Waals surface area contributed by atoms with Crippen LogP contribution in [0.25, 0.3) is 0 Å². The van der Waals surface area contributed by atoms with Crippen LogP contribution in [0.5, 0.6) is 0 Å². The minimum atomic E-state index is -4.58. The van der Waals surface area contributed by atoms with Crippen molar-refractivity contribution in [2.75, 3.05) is 13.1 Å². The minimum Gasteiger partial charge on any atom is -0.412 e. The molecule has 6 N–H and O–H groups in total. The van der Waals surface area contributed by atoms with Crippen molar-refractivity contribution in [3.8, 4) is 0 Å². The summed E-state index contributed by atoms with van der Waals surface area (Å²) >= 11 is 0. The van der Waals surface area contributed by atoms with Crippen LogP contribution < -0.4 is 10.6 Å². The molecule has 0 saturated carbocycles. The third-order valence-electron chi connectivity index (χ3n) is 2.40. The molecule has 2 saturated heterocycles. The Morgan fingerprint density at radius 1 is 1.00 bits per heavy atom. The van der Waals surface area contributed by atoms with Gasteiger partial charge in [0.25, 0.3) is 0 Å². The lowest BCUT2D eigenvalue weighted by Gasteiger charge is -2.29. The van der Waals surface area contributed by atoms with Gasteiger partial charge in [-0.2, -0.15) is 16.8 Å². The van der Waals surface area contributed by atoms with Crippen molar-refractivity contribution < 1.29 is 39.8 Å². The largest absolute Gasteiger partial charge is 0.418 e. The summed E-state index contributed by atoms with van der Waals surface area (Å²) in [7, 11) is -9.17. The number of hydrogen-bond donors (Lipinski definition) is 2. The molecule has 0 spiro atoms. The second kappa shape index (κ2) is 6.38. The van der Waals surface area contributed by atoms with Crippen LogP contribution in [0.15, 0.2) is 0 Å². The standard InChI is InChI=1S/C6H12N2O7S2.2H2O/c1-4(5-7-2-3-8-5)6-13-16(9,10)15-17(11,12)14-6;;/h4-8H,2-3H2,1H3;2*1H2. The second-order valence-electron chi connectivity index (χ2n) is 3.69. The zero-order valence-corrected chi connectivity index (χ0v) is 11.5. The molecule has 1 unspecified atom stereocenters. The van der Waals surface area contributed by atoms with Crippen LogP contribution in [0.3, 0.4) is 0 Å². The van der Waals surface area contributed by atoms with Crippen molar-refractivity contribution in [2.24, 2.45) is 5.92 Å². The molecule has 2 aliphatic rings. The van der Waals surface area contributed by atoms with Gasteiger partial charge in [-0.1, -0.05) is 6.92 Å². The fraction of sp³-hybridized carbons (Fsp3) is 1.00. The first-order valence-electron chi connectivity index (χ1n) is 4.83. The SMILES string of the molecule is CC(C1NCCN1)C1OS(=O)(=O)OS(=O)(=O)O1.O.O. The molecule has 2 fully saturated rings. The van der Waals surface area contributed by atoms with E-state index in [9.17, 15) is 16.8 Å². The summed E-state index contributed by atoms with van der Waals surface area (Å²) in [6, 6.07) is 0. The van der Waals surface area contributed by atoms with E-state index in [1.54, 1.807) is 6.92 Å². The van der Waals surface area contributed by atoms with E-state index >= 15 is 0 Å². The minimum absolute atomic E-state index is 0. The fourth-order valence-electron chi connectivity index (χ4n) is 1.61. The Morgan fingerprint density at radius 2 is 1.42 bits per heavy atom. The molecule has 0 aromatic carbocycles. The number of nitrogens with one attached hydrogen (secondary N) is 2. The third kappa shape index (κ3) is 4.59. The normalized spacial score (nSPS) is 28.1. The van der Waals surface area contributed by atoms with E-state index in [0.717, 1.165) is 0 Å². The van der Waals surface area contributed by atoms with Crippen molar-refractivity contribution in [2.45, 2.75) is 19.4 Å². The molecule has 2 rings (SSSR count).